The van der Waals surface area contributed by atoms with Crippen LogP contribution in [0.25, 0.3) is 0 Å². The molecule has 3 rings (SSSR count). The maximum Gasteiger partial charge on any atom is 0.141 e. The Morgan fingerprint density at radius 2 is 1.52 bits per heavy atom. The van der Waals surface area contributed by atoms with Gasteiger partial charge in [0.15, 0.2) is 0 Å². The topological polar surface area (TPSA) is 52.8 Å². The van der Waals surface area contributed by atoms with E-state index in [0.29, 0.717) is 11.3 Å². The van der Waals surface area contributed by atoms with Crippen molar-refractivity contribution < 1.29 is 10.2 Å². The molecule has 0 aromatic heterocycles. The molecule has 0 aliphatic heterocycles. The average molecular weight is 331 g/mol. The lowest BCUT2D eigenvalue weighted by molar-refractivity contribution is 0.473. The van der Waals surface area contributed by atoms with E-state index in [4.69, 9.17) is 0 Å². The third-order valence-electron chi connectivity index (χ3n) is 4.13. The van der Waals surface area contributed by atoms with Crippen LogP contribution >= 0.6 is 0 Å². The molecule has 0 aliphatic rings. The Balaban J connectivity index is 1.86. The zero-order valence-electron chi connectivity index (χ0n) is 14.2. The van der Waals surface area contributed by atoms with Crippen LogP contribution in [0.3, 0.4) is 0 Å². The monoisotopic (exact) mass is 331 g/mol. The molecule has 3 nitrogen and oxygen atoms in total. The van der Waals surface area contributed by atoms with Crippen LogP contribution in [-0.4, -0.2) is 16.4 Å². The Morgan fingerprint density at radius 1 is 0.800 bits per heavy atom. The predicted octanol–water partition coefficient (Wildman–Crippen LogP) is 5.00. The molecule has 0 spiro atoms. The largest absolute Gasteiger partial charge is 0.507 e. The number of aromatic hydroxyl groups is 2. The Labute approximate surface area is 147 Å². The van der Waals surface area contributed by atoms with Gasteiger partial charge in [-0.05, 0) is 53.8 Å². The number of aryl methyl sites for hydroxylation is 1. The summed E-state index contributed by atoms with van der Waals surface area (Å²) in [5.74, 6) is 0.306. The van der Waals surface area contributed by atoms with E-state index in [9.17, 15) is 10.2 Å². The molecular formula is C22H21NO2. The van der Waals surface area contributed by atoms with Crippen molar-refractivity contribution in [2.24, 2.45) is 4.99 Å². The zero-order chi connectivity index (χ0) is 17.6. The van der Waals surface area contributed by atoms with Crippen LogP contribution in [0.4, 0.5) is 5.69 Å². The molecule has 0 aliphatic carbocycles. The summed E-state index contributed by atoms with van der Waals surface area (Å²) in [6.45, 7) is 2.05. The Kier molecular flexibility index (Phi) is 5.14. The summed E-state index contributed by atoms with van der Waals surface area (Å²) in [5, 5.41) is 20.0. The van der Waals surface area contributed by atoms with Crippen LogP contribution in [0.2, 0.25) is 0 Å². The normalized spacial score (nSPS) is 11.1. The first-order valence-electron chi connectivity index (χ1n) is 8.37. The summed E-state index contributed by atoms with van der Waals surface area (Å²) < 4.78 is 0. The van der Waals surface area contributed by atoms with E-state index >= 15 is 0 Å². The van der Waals surface area contributed by atoms with E-state index in [2.05, 4.69) is 24.0 Å². The van der Waals surface area contributed by atoms with Crippen molar-refractivity contribution in [3.05, 3.63) is 89.0 Å². The Bertz CT molecular complexity index is 886. The molecule has 0 bridgehead atoms. The molecule has 3 aromatic rings. The minimum atomic E-state index is 0.133. The molecule has 25 heavy (non-hydrogen) atoms. The second kappa shape index (κ2) is 7.67. The molecule has 0 amide bonds. The second-order valence-corrected chi connectivity index (χ2v) is 5.99. The lowest BCUT2D eigenvalue weighted by atomic mass is 10.0. The van der Waals surface area contributed by atoms with Gasteiger partial charge in [-0.1, -0.05) is 49.4 Å². The summed E-state index contributed by atoms with van der Waals surface area (Å²) in [6, 6.07) is 21.1. The number of hydrogen-bond donors (Lipinski definition) is 2. The molecule has 2 N–H and O–H groups in total. The van der Waals surface area contributed by atoms with Crippen LogP contribution in [0.5, 0.6) is 11.5 Å². The predicted molar refractivity (Wildman–Crippen MR) is 102 cm³/mol. The van der Waals surface area contributed by atoms with Crippen molar-refractivity contribution in [3.63, 3.8) is 0 Å². The van der Waals surface area contributed by atoms with Crippen molar-refractivity contribution in [1.82, 2.24) is 0 Å². The van der Waals surface area contributed by atoms with E-state index in [-0.39, 0.29) is 11.5 Å². The highest BCUT2D eigenvalue weighted by atomic mass is 16.3. The van der Waals surface area contributed by atoms with Gasteiger partial charge in [0.05, 0.1) is 0 Å². The molecule has 0 unspecified atom stereocenters. The van der Waals surface area contributed by atoms with Gasteiger partial charge in [-0.25, -0.2) is 0 Å². The van der Waals surface area contributed by atoms with Gasteiger partial charge in [-0.3, -0.25) is 4.99 Å². The zero-order valence-corrected chi connectivity index (χ0v) is 14.2. The SMILES string of the molecule is CCc1ccc(O)c(N=Cc2cc(Cc3ccccc3)ccc2O)c1. The van der Waals surface area contributed by atoms with Gasteiger partial charge in [0.2, 0.25) is 0 Å². The van der Waals surface area contributed by atoms with Crippen LogP contribution in [0, 0.1) is 0 Å². The third kappa shape index (κ3) is 4.27. The highest BCUT2D eigenvalue weighted by Crippen LogP contribution is 2.28. The molecular weight excluding hydrogens is 310 g/mol. The molecule has 126 valence electrons. The summed E-state index contributed by atoms with van der Waals surface area (Å²) in [6.07, 6.45) is 3.26. The van der Waals surface area contributed by atoms with Gasteiger partial charge in [-0.2, -0.15) is 0 Å². The number of phenolic OH excluding ortho intramolecular Hbond substituents is 2. The fraction of sp³-hybridized carbons (Fsp3) is 0.136. The number of nitrogens with zero attached hydrogens (tertiary/aromatic N) is 1. The number of rotatable bonds is 5. The average Bonchev–Trinajstić information content (AvgIpc) is 2.64. The number of hydrogen-bond acceptors (Lipinski definition) is 3. The summed E-state index contributed by atoms with van der Waals surface area (Å²) in [7, 11) is 0. The van der Waals surface area contributed by atoms with E-state index in [1.807, 2.05) is 42.5 Å². The number of benzene rings is 3. The minimum Gasteiger partial charge on any atom is -0.507 e. The van der Waals surface area contributed by atoms with E-state index in [0.717, 1.165) is 24.0 Å². The first-order valence-corrected chi connectivity index (χ1v) is 8.37. The molecule has 0 heterocycles. The van der Waals surface area contributed by atoms with Crippen LogP contribution in [-0.2, 0) is 12.8 Å². The highest BCUT2D eigenvalue weighted by molar-refractivity contribution is 5.86. The lowest BCUT2D eigenvalue weighted by Gasteiger charge is -2.06. The standard InChI is InChI=1S/C22H21NO2/c1-2-16-8-11-22(25)20(14-16)23-15-19-13-18(9-10-21(19)24)12-17-6-4-3-5-7-17/h3-11,13-15,24-25H,2,12H2,1H3. The van der Waals surface area contributed by atoms with Crippen LogP contribution < -0.4 is 0 Å². The van der Waals surface area contributed by atoms with Gasteiger partial charge in [0.1, 0.15) is 17.2 Å². The minimum absolute atomic E-state index is 0.133. The van der Waals surface area contributed by atoms with Crippen molar-refractivity contribution in [2.75, 3.05) is 0 Å². The van der Waals surface area contributed by atoms with Crippen LogP contribution in [0.1, 0.15) is 29.2 Å². The Morgan fingerprint density at radius 3 is 2.28 bits per heavy atom. The third-order valence-corrected chi connectivity index (χ3v) is 4.13. The first-order chi connectivity index (χ1) is 12.2. The van der Waals surface area contributed by atoms with Crippen LogP contribution in [0.15, 0.2) is 71.7 Å². The second-order valence-electron chi connectivity index (χ2n) is 5.99. The van der Waals surface area contributed by atoms with Gasteiger partial charge in [-0.15, -0.1) is 0 Å². The van der Waals surface area contributed by atoms with Crippen molar-refractivity contribution in [1.29, 1.82) is 0 Å². The molecule has 3 heteroatoms. The fourth-order valence-corrected chi connectivity index (χ4v) is 2.68. The molecule has 0 saturated heterocycles. The van der Waals surface area contributed by atoms with Crippen molar-refractivity contribution in [3.8, 4) is 11.5 Å². The highest BCUT2D eigenvalue weighted by Gasteiger charge is 2.04. The number of aliphatic imine (C=N–C) groups is 1. The molecule has 3 aromatic carbocycles. The van der Waals surface area contributed by atoms with Gasteiger partial charge in [0.25, 0.3) is 0 Å². The maximum atomic E-state index is 10.1. The van der Waals surface area contributed by atoms with E-state index in [1.165, 1.54) is 5.56 Å². The molecule has 0 saturated carbocycles. The smallest absolute Gasteiger partial charge is 0.141 e. The lowest BCUT2D eigenvalue weighted by Crippen LogP contribution is -1.91. The maximum absolute atomic E-state index is 10.1. The van der Waals surface area contributed by atoms with Crippen molar-refractivity contribution in [2.45, 2.75) is 19.8 Å². The summed E-state index contributed by atoms with van der Waals surface area (Å²) >= 11 is 0. The van der Waals surface area contributed by atoms with Gasteiger partial charge < -0.3 is 10.2 Å². The summed E-state index contributed by atoms with van der Waals surface area (Å²) in [5.41, 5.74) is 4.55. The van der Waals surface area contributed by atoms with E-state index in [1.54, 1.807) is 18.3 Å². The van der Waals surface area contributed by atoms with Gasteiger partial charge in [0, 0.05) is 11.8 Å². The van der Waals surface area contributed by atoms with E-state index < -0.39 is 0 Å². The molecule has 0 fully saturated rings. The first kappa shape index (κ1) is 16.8. The number of phenols is 2. The molecule has 0 atom stereocenters. The van der Waals surface area contributed by atoms with Crippen molar-refractivity contribution >= 4 is 11.9 Å². The fourth-order valence-electron chi connectivity index (χ4n) is 2.68. The Hall–Kier alpha value is -3.07. The van der Waals surface area contributed by atoms with Gasteiger partial charge >= 0.3 is 0 Å². The summed E-state index contributed by atoms with van der Waals surface area (Å²) in [4.78, 5) is 4.36. The molecule has 0 radical (unpaired) electrons. The quantitative estimate of drug-likeness (QED) is 0.646.